The summed E-state index contributed by atoms with van der Waals surface area (Å²) < 4.78 is 1.80. The Morgan fingerprint density at radius 1 is 1.33 bits per heavy atom. The third kappa shape index (κ3) is 2.40. The number of amides is 1. The van der Waals surface area contributed by atoms with E-state index in [9.17, 15) is 4.79 Å². The number of nitrogens with zero attached hydrogens (tertiary/aromatic N) is 3. The largest absolute Gasteiger partial charge is 0.344 e. The fourth-order valence-electron chi connectivity index (χ4n) is 3.27. The van der Waals surface area contributed by atoms with Crippen molar-refractivity contribution in [1.29, 1.82) is 5.41 Å². The Labute approximate surface area is 142 Å². The molecule has 7 heteroatoms. The van der Waals surface area contributed by atoms with Crippen LogP contribution in [0.5, 0.6) is 0 Å². The molecule has 0 unspecified atom stereocenters. The summed E-state index contributed by atoms with van der Waals surface area (Å²) in [5, 5.41) is 15.9. The lowest BCUT2D eigenvalue weighted by Crippen LogP contribution is -2.63. The van der Waals surface area contributed by atoms with Gasteiger partial charge in [0.15, 0.2) is 5.96 Å². The van der Waals surface area contributed by atoms with Crippen molar-refractivity contribution in [1.82, 2.24) is 20.0 Å². The van der Waals surface area contributed by atoms with Crippen LogP contribution < -0.4 is 10.8 Å². The van der Waals surface area contributed by atoms with Crippen LogP contribution in [0.3, 0.4) is 0 Å². The third-order valence-electron chi connectivity index (χ3n) is 5.01. The van der Waals surface area contributed by atoms with Crippen molar-refractivity contribution in [3.05, 3.63) is 36.0 Å². The first-order valence-corrected chi connectivity index (χ1v) is 8.00. The molecule has 1 amide bonds. The molecule has 1 aliphatic heterocycles. The quantitative estimate of drug-likeness (QED) is 0.775. The molecule has 124 valence electrons. The molecule has 2 heterocycles. The van der Waals surface area contributed by atoms with Crippen molar-refractivity contribution in [3.63, 3.8) is 0 Å². The number of aryl methyl sites for hydroxylation is 1. The molecule has 0 bridgehead atoms. The van der Waals surface area contributed by atoms with Gasteiger partial charge in [0, 0.05) is 19.7 Å². The third-order valence-corrected chi connectivity index (χ3v) is 5.01. The maximum atomic E-state index is 12.5. The van der Waals surface area contributed by atoms with Crippen LogP contribution >= 0.6 is 0 Å². The highest BCUT2D eigenvalue weighted by molar-refractivity contribution is 6.32. The lowest BCUT2D eigenvalue weighted by atomic mass is 9.81. The van der Waals surface area contributed by atoms with Crippen LogP contribution in [0.15, 0.2) is 30.3 Å². The number of guanidine groups is 1. The molecule has 24 heavy (non-hydrogen) atoms. The summed E-state index contributed by atoms with van der Waals surface area (Å²) in [6.07, 6.45) is 0. The molecular weight excluding hydrogens is 301 g/mol. The molecule has 1 saturated heterocycles. The summed E-state index contributed by atoms with van der Waals surface area (Å²) in [4.78, 5) is 13.8. The second-order valence-corrected chi connectivity index (χ2v) is 6.70. The van der Waals surface area contributed by atoms with Crippen LogP contribution in [0, 0.1) is 11.3 Å². The number of carbonyl (C=O) groups is 1. The molecule has 2 N–H and O–H groups in total. The van der Waals surface area contributed by atoms with Gasteiger partial charge >= 0.3 is 0 Å². The van der Waals surface area contributed by atoms with E-state index < -0.39 is 5.54 Å². The van der Waals surface area contributed by atoms with E-state index in [1.54, 1.807) is 11.7 Å². The van der Waals surface area contributed by atoms with Crippen LogP contribution in [-0.4, -0.2) is 41.4 Å². The van der Waals surface area contributed by atoms with Gasteiger partial charge in [0.1, 0.15) is 7.85 Å². The fraction of sp³-hybridized carbons (Fsp3) is 0.353. The number of carbonyl (C=O) groups excluding carboxylic acids is 1. The average Bonchev–Trinajstić information content (AvgIpc) is 2.94. The summed E-state index contributed by atoms with van der Waals surface area (Å²) in [7, 11) is 5.55. The molecule has 3 rings (SSSR count). The first kappa shape index (κ1) is 16.3. The zero-order valence-corrected chi connectivity index (χ0v) is 14.7. The first-order valence-electron chi connectivity index (χ1n) is 8.00. The highest BCUT2D eigenvalue weighted by atomic mass is 16.2. The molecule has 1 aromatic carbocycles. The number of hydrogen-bond donors (Lipinski definition) is 2. The minimum Gasteiger partial charge on any atom is -0.344 e. The van der Waals surface area contributed by atoms with Crippen LogP contribution in [0.1, 0.15) is 19.5 Å². The highest BCUT2D eigenvalue weighted by Gasteiger charge is 2.46. The van der Waals surface area contributed by atoms with Gasteiger partial charge < -0.3 is 5.32 Å². The Kier molecular flexibility index (Phi) is 3.74. The monoisotopic (exact) mass is 323 g/mol. The van der Waals surface area contributed by atoms with Gasteiger partial charge in [0.2, 0.25) is 5.91 Å². The van der Waals surface area contributed by atoms with E-state index in [2.05, 4.69) is 30.4 Å². The number of benzene rings is 1. The number of hydrogen-bond acceptors (Lipinski definition) is 3. The fourth-order valence-corrected chi connectivity index (χ4v) is 3.27. The second-order valence-electron chi connectivity index (χ2n) is 6.70. The summed E-state index contributed by atoms with van der Waals surface area (Å²) in [5.41, 5.74) is 3.29. The van der Waals surface area contributed by atoms with Crippen molar-refractivity contribution >= 4 is 25.2 Å². The molecule has 1 aromatic heterocycles. The van der Waals surface area contributed by atoms with Gasteiger partial charge in [-0.05, 0) is 13.0 Å². The topological polar surface area (TPSA) is 74.0 Å². The predicted molar refractivity (Wildman–Crippen MR) is 97.0 cm³/mol. The Hall–Kier alpha value is -2.57. The lowest BCUT2D eigenvalue weighted by molar-refractivity contribution is -0.134. The standard InChI is InChI=1S/C17H22BN5O/c1-10-15(24)22(3)16(19)20-17(10,2)14-9-13(21-23(14)4)11-6-5-7-12(18)8-11/h5-10H,18H2,1-4H3,(H2,19,20)/t10-,17+/m1/s1. The van der Waals surface area contributed by atoms with Gasteiger partial charge in [-0.25, -0.2) is 0 Å². The number of rotatable bonds is 2. The number of nitrogens with one attached hydrogen (secondary N) is 2. The highest BCUT2D eigenvalue weighted by Crippen LogP contribution is 2.35. The second kappa shape index (κ2) is 5.51. The van der Waals surface area contributed by atoms with E-state index >= 15 is 0 Å². The van der Waals surface area contributed by atoms with E-state index in [-0.39, 0.29) is 17.8 Å². The summed E-state index contributed by atoms with van der Waals surface area (Å²) in [5.74, 6) is -0.268. The minimum absolute atomic E-state index is 0.0699. The molecule has 0 spiro atoms. The Morgan fingerprint density at radius 3 is 2.71 bits per heavy atom. The molecule has 0 aliphatic carbocycles. The van der Waals surface area contributed by atoms with Crippen molar-refractivity contribution in [2.24, 2.45) is 13.0 Å². The summed E-state index contributed by atoms with van der Waals surface area (Å²) >= 11 is 0. The van der Waals surface area contributed by atoms with Gasteiger partial charge in [-0.3, -0.25) is 19.8 Å². The van der Waals surface area contributed by atoms with Gasteiger partial charge in [-0.2, -0.15) is 5.10 Å². The molecule has 6 nitrogen and oxygen atoms in total. The van der Waals surface area contributed by atoms with E-state index in [1.807, 2.05) is 39.1 Å². The van der Waals surface area contributed by atoms with Crippen LogP contribution in [0.2, 0.25) is 0 Å². The van der Waals surface area contributed by atoms with E-state index in [4.69, 9.17) is 5.41 Å². The smallest absolute Gasteiger partial charge is 0.234 e. The van der Waals surface area contributed by atoms with Crippen LogP contribution in [0.25, 0.3) is 11.3 Å². The Morgan fingerprint density at radius 2 is 2.04 bits per heavy atom. The summed E-state index contributed by atoms with van der Waals surface area (Å²) in [6.45, 7) is 3.84. The van der Waals surface area contributed by atoms with E-state index in [1.165, 1.54) is 10.4 Å². The predicted octanol–water partition coefficient (Wildman–Crippen LogP) is 0.193. The molecule has 0 saturated carbocycles. The van der Waals surface area contributed by atoms with Crippen LogP contribution in [0.4, 0.5) is 0 Å². The summed E-state index contributed by atoms with van der Waals surface area (Å²) in [6, 6.07) is 10.2. The van der Waals surface area contributed by atoms with Crippen molar-refractivity contribution in [2.45, 2.75) is 19.4 Å². The van der Waals surface area contributed by atoms with Gasteiger partial charge in [0.05, 0.1) is 22.8 Å². The van der Waals surface area contributed by atoms with E-state index in [0.717, 1.165) is 17.0 Å². The van der Waals surface area contributed by atoms with E-state index in [0.29, 0.717) is 0 Å². The molecule has 2 atom stereocenters. The molecule has 1 aliphatic rings. The maximum Gasteiger partial charge on any atom is 0.234 e. The molecule has 2 aromatic rings. The lowest BCUT2D eigenvalue weighted by Gasteiger charge is -2.43. The molecule has 0 radical (unpaired) electrons. The van der Waals surface area contributed by atoms with Crippen molar-refractivity contribution in [3.8, 4) is 11.3 Å². The van der Waals surface area contributed by atoms with Crippen molar-refractivity contribution in [2.75, 3.05) is 7.05 Å². The molecule has 1 fully saturated rings. The SMILES string of the molecule is Bc1cccc(-c2cc([C@@]3(C)NC(=N)N(C)C(=O)[C@H]3C)n(C)n2)c1. The zero-order valence-electron chi connectivity index (χ0n) is 14.7. The Balaban J connectivity index is 2.06. The zero-order chi connectivity index (χ0) is 17.6. The maximum absolute atomic E-state index is 12.5. The minimum atomic E-state index is -0.676. The van der Waals surface area contributed by atoms with Gasteiger partial charge in [0.25, 0.3) is 0 Å². The van der Waals surface area contributed by atoms with Gasteiger partial charge in [-0.15, -0.1) is 0 Å². The van der Waals surface area contributed by atoms with Crippen molar-refractivity contribution < 1.29 is 4.79 Å². The number of aromatic nitrogens is 2. The molecular formula is C17H22BN5O. The normalized spacial score (nSPS) is 24.2. The average molecular weight is 323 g/mol. The van der Waals surface area contributed by atoms with Crippen LogP contribution in [-0.2, 0) is 17.4 Å². The van der Waals surface area contributed by atoms with Gasteiger partial charge in [-0.1, -0.05) is 36.7 Å². The Bertz CT molecular complexity index is 830. The first-order chi connectivity index (χ1) is 11.2.